The van der Waals surface area contributed by atoms with E-state index in [1.54, 1.807) is 32.4 Å². The Morgan fingerprint density at radius 2 is 1.62 bits per heavy atom. The van der Waals surface area contributed by atoms with Crippen LogP contribution >= 0.6 is 0 Å². The molecule has 37 heavy (non-hydrogen) atoms. The lowest BCUT2D eigenvalue weighted by molar-refractivity contribution is -0.917. The van der Waals surface area contributed by atoms with Crippen molar-refractivity contribution in [1.82, 2.24) is 0 Å². The summed E-state index contributed by atoms with van der Waals surface area (Å²) in [6.45, 7) is 1.29. The molecule has 0 spiro atoms. The Hall–Kier alpha value is -3.92. The van der Waals surface area contributed by atoms with Gasteiger partial charge in [0.25, 0.3) is 0 Å². The first-order chi connectivity index (χ1) is 17.8. The molecular formula is C27H32NO9+. The van der Waals surface area contributed by atoms with Crippen LogP contribution in [0.15, 0.2) is 18.2 Å². The van der Waals surface area contributed by atoms with E-state index < -0.39 is 0 Å². The summed E-state index contributed by atoms with van der Waals surface area (Å²) in [5.74, 6) is 2.14. The van der Waals surface area contributed by atoms with Gasteiger partial charge in [-0.25, -0.2) is 4.79 Å². The quantitative estimate of drug-likeness (QED) is 0.216. The molecule has 4 rings (SSSR count). The Kier molecular flexibility index (Phi) is 7.49. The molecule has 10 heteroatoms. The first kappa shape index (κ1) is 26.2. The van der Waals surface area contributed by atoms with Crippen LogP contribution in [0.5, 0.6) is 34.5 Å². The summed E-state index contributed by atoms with van der Waals surface area (Å²) in [7, 11) is 9.51. The van der Waals surface area contributed by atoms with Gasteiger partial charge in [0.15, 0.2) is 35.3 Å². The van der Waals surface area contributed by atoms with Gasteiger partial charge in [-0.2, -0.15) is 0 Å². The van der Waals surface area contributed by atoms with Gasteiger partial charge >= 0.3 is 5.97 Å². The normalized spacial score (nSPS) is 17.8. The minimum absolute atomic E-state index is 0.0175. The zero-order valence-electron chi connectivity index (χ0n) is 22.0. The maximum absolute atomic E-state index is 13.7. The van der Waals surface area contributed by atoms with E-state index in [2.05, 4.69) is 0 Å². The van der Waals surface area contributed by atoms with Crippen LogP contribution in [0, 0.1) is 0 Å². The maximum Gasteiger partial charge on any atom is 0.361 e. The number of nitrogens with zero attached hydrogens (tertiary/aromatic N) is 1. The summed E-state index contributed by atoms with van der Waals surface area (Å²) >= 11 is 0. The van der Waals surface area contributed by atoms with Crippen molar-refractivity contribution in [1.29, 1.82) is 0 Å². The number of carbonyl (C=O) groups is 2. The highest BCUT2D eigenvalue weighted by Crippen LogP contribution is 2.50. The molecule has 10 nitrogen and oxygen atoms in total. The van der Waals surface area contributed by atoms with Crippen molar-refractivity contribution in [3.05, 3.63) is 40.5 Å². The van der Waals surface area contributed by atoms with E-state index in [-0.39, 0.29) is 25.1 Å². The van der Waals surface area contributed by atoms with Crippen LogP contribution in [0.2, 0.25) is 0 Å². The molecule has 1 unspecified atom stereocenters. The van der Waals surface area contributed by atoms with E-state index in [0.29, 0.717) is 69.6 Å². The Morgan fingerprint density at radius 1 is 0.919 bits per heavy atom. The molecular weight excluding hydrogens is 482 g/mol. The minimum Gasteiger partial charge on any atom is -0.493 e. The summed E-state index contributed by atoms with van der Waals surface area (Å²) in [4.78, 5) is 25.7. The number of fused-ring (bicyclic) bond motifs is 2. The third-order valence-electron chi connectivity index (χ3n) is 6.77. The molecule has 1 atom stereocenters. The second kappa shape index (κ2) is 10.6. The van der Waals surface area contributed by atoms with Gasteiger partial charge in [0.05, 0.1) is 60.3 Å². The van der Waals surface area contributed by atoms with Gasteiger partial charge in [-0.15, -0.1) is 0 Å². The van der Waals surface area contributed by atoms with E-state index in [0.717, 1.165) is 11.1 Å². The second-order valence-corrected chi connectivity index (χ2v) is 9.04. The molecule has 2 heterocycles. The van der Waals surface area contributed by atoms with E-state index in [1.807, 2.05) is 7.05 Å². The molecule has 0 aromatic heterocycles. The number of benzene rings is 2. The lowest BCUT2D eigenvalue weighted by Gasteiger charge is -2.38. The summed E-state index contributed by atoms with van der Waals surface area (Å²) in [5.41, 5.74) is 2.73. The van der Waals surface area contributed by atoms with Crippen molar-refractivity contribution in [3.63, 3.8) is 0 Å². The zero-order chi connectivity index (χ0) is 26.7. The van der Waals surface area contributed by atoms with Gasteiger partial charge in [-0.1, -0.05) is 0 Å². The summed E-state index contributed by atoms with van der Waals surface area (Å²) in [6, 6.07) is 3.53. The lowest BCUT2D eigenvalue weighted by Crippen LogP contribution is -2.51. The molecule has 0 bridgehead atoms. The number of rotatable bonds is 9. The Balaban J connectivity index is 1.77. The molecule has 198 valence electrons. The molecule has 0 saturated heterocycles. The van der Waals surface area contributed by atoms with Gasteiger partial charge in [0, 0.05) is 12.0 Å². The fourth-order valence-electron chi connectivity index (χ4n) is 4.97. The van der Waals surface area contributed by atoms with Gasteiger partial charge in [0.1, 0.15) is 6.54 Å². The van der Waals surface area contributed by atoms with Crippen LogP contribution in [0.25, 0.3) is 6.08 Å². The summed E-state index contributed by atoms with van der Waals surface area (Å²) in [6.07, 6.45) is 3.69. The SMILES string of the molecule is COC(=O)C[N+]1(C)CCc2c(c(OC)c3c(c2C(=O)/C=C/c2ccc(OC)c(OC)c2OC)OCO3)C1. The van der Waals surface area contributed by atoms with Crippen molar-refractivity contribution < 1.29 is 47.2 Å². The molecule has 0 radical (unpaired) electrons. The number of ether oxygens (including phenoxy) is 7. The first-order valence-corrected chi connectivity index (χ1v) is 11.7. The second-order valence-electron chi connectivity index (χ2n) is 9.04. The average molecular weight is 515 g/mol. The molecule has 0 aliphatic carbocycles. The largest absolute Gasteiger partial charge is 0.493 e. The van der Waals surface area contributed by atoms with Crippen LogP contribution in [0.1, 0.15) is 27.0 Å². The molecule has 0 fully saturated rings. The van der Waals surface area contributed by atoms with Gasteiger partial charge < -0.3 is 37.6 Å². The molecule has 0 N–H and O–H groups in total. The van der Waals surface area contributed by atoms with Crippen LogP contribution in [0.3, 0.4) is 0 Å². The minimum atomic E-state index is -0.297. The fraction of sp³-hybridized carbons (Fsp3) is 0.407. The maximum atomic E-state index is 13.7. The monoisotopic (exact) mass is 514 g/mol. The Labute approximate surface area is 215 Å². The molecule has 2 aliphatic heterocycles. The summed E-state index contributed by atoms with van der Waals surface area (Å²) < 4.78 is 38.9. The molecule has 0 amide bonds. The lowest BCUT2D eigenvalue weighted by atomic mass is 9.88. The number of hydrogen-bond donors (Lipinski definition) is 0. The van der Waals surface area contributed by atoms with Gasteiger partial charge in [-0.3, -0.25) is 4.79 Å². The number of carbonyl (C=O) groups excluding carboxylic acids is 2. The van der Waals surface area contributed by atoms with E-state index in [4.69, 9.17) is 33.2 Å². The van der Waals surface area contributed by atoms with Crippen molar-refractivity contribution in [2.75, 3.05) is 62.5 Å². The van der Waals surface area contributed by atoms with Crippen LogP contribution in [-0.2, 0) is 22.5 Å². The Morgan fingerprint density at radius 3 is 2.27 bits per heavy atom. The van der Waals surface area contributed by atoms with Crippen molar-refractivity contribution in [2.45, 2.75) is 13.0 Å². The molecule has 2 aromatic carbocycles. The third kappa shape index (κ3) is 4.76. The molecule has 2 aliphatic rings. The predicted molar refractivity (Wildman–Crippen MR) is 134 cm³/mol. The highest BCUT2D eigenvalue weighted by molar-refractivity contribution is 6.11. The number of hydrogen-bond acceptors (Lipinski definition) is 9. The average Bonchev–Trinajstić information content (AvgIpc) is 3.38. The van der Waals surface area contributed by atoms with Crippen LogP contribution in [0.4, 0.5) is 0 Å². The molecule has 0 saturated carbocycles. The van der Waals surface area contributed by atoms with Crippen molar-refractivity contribution in [3.8, 4) is 34.5 Å². The fourth-order valence-corrected chi connectivity index (χ4v) is 4.97. The number of quaternary nitrogens is 1. The van der Waals surface area contributed by atoms with E-state index in [9.17, 15) is 9.59 Å². The third-order valence-corrected chi connectivity index (χ3v) is 6.77. The van der Waals surface area contributed by atoms with E-state index in [1.165, 1.54) is 27.4 Å². The number of ketones is 1. The summed E-state index contributed by atoms with van der Waals surface area (Å²) in [5, 5.41) is 0. The van der Waals surface area contributed by atoms with E-state index >= 15 is 0 Å². The number of allylic oxidation sites excluding steroid dienone is 1. The predicted octanol–water partition coefficient (Wildman–Crippen LogP) is 3.02. The zero-order valence-corrected chi connectivity index (χ0v) is 22.0. The standard InChI is InChI=1S/C27H32NO9/c1-28(14-21(30)32-3)12-11-17-18(13-28)24(34-5)27-26(36-15-37-27)22(17)19(29)9-7-16-8-10-20(31-2)25(35-6)23(16)33-4/h7-10H,11-15H2,1-6H3/q+1/b9-7+. The smallest absolute Gasteiger partial charge is 0.361 e. The number of esters is 1. The van der Waals surface area contributed by atoms with Crippen molar-refractivity contribution in [2.24, 2.45) is 0 Å². The first-order valence-electron chi connectivity index (χ1n) is 11.7. The Bertz CT molecular complexity index is 1250. The number of methoxy groups -OCH3 is 5. The highest BCUT2D eigenvalue weighted by Gasteiger charge is 2.40. The van der Waals surface area contributed by atoms with Crippen LogP contribution in [-0.4, -0.2) is 78.7 Å². The van der Waals surface area contributed by atoms with Gasteiger partial charge in [-0.05, 0) is 29.8 Å². The highest BCUT2D eigenvalue weighted by atomic mass is 16.7. The van der Waals surface area contributed by atoms with Crippen LogP contribution < -0.4 is 28.4 Å². The van der Waals surface area contributed by atoms with Crippen molar-refractivity contribution >= 4 is 17.8 Å². The number of likely N-dealkylation sites (N-methyl/N-ethyl adjacent to an activating group) is 1. The van der Waals surface area contributed by atoms with Gasteiger partial charge in [0.2, 0.25) is 18.3 Å². The molecule has 2 aromatic rings. The topological polar surface area (TPSA) is 98.8 Å².